The SMILES string of the molecule is COc1ccc(S[C@@H](C)C(=O)Nc2ccc(S(=O)(=O)Nc3cc(Cl)ccc3C)cc2)cc1. The van der Waals surface area contributed by atoms with Gasteiger partial charge >= 0.3 is 0 Å². The van der Waals surface area contributed by atoms with Crippen molar-refractivity contribution in [2.24, 2.45) is 0 Å². The molecule has 9 heteroatoms. The molecule has 1 amide bonds. The number of carbonyl (C=O) groups excluding carboxylic acids is 1. The first-order chi connectivity index (χ1) is 15.2. The van der Waals surface area contributed by atoms with E-state index in [-0.39, 0.29) is 16.1 Å². The number of rotatable bonds is 8. The number of amides is 1. The molecule has 2 N–H and O–H groups in total. The van der Waals surface area contributed by atoms with Crippen LogP contribution in [-0.2, 0) is 14.8 Å². The van der Waals surface area contributed by atoms with Crippen LogP contribution < -0.4 is 14.8 Å². The normalized spacial score (nSPS) is 12.1. The zero-order valence-corrected chi connectivity index (χ0v) is 20.1. The van der Waals surface area contributed by atoms with E-state index in [0.717, 1.165) is 16.2 Å². The summed E-state index contributed by atoms with van der Waals surface area (Å²) < 4.78 is 33.1. The minimum absolute atomic E-state index is 0.0792. The van der Waals surface area contributed by atoms with Gasteiger partial charge < -0.3 is 10.1 Å². The number of thioether (sulfide) groups is 1. The second-order valence-corrected chi connectivity index (χ2v) is 10.5. The third-order valence-electron chi connectivity index (χ3n) is 4.62. The zero-order valence-electron chi connectivity index (χ0n) is 17.8. The third kappa shape index (κ3) is 6.18. The van der Waals surface area contributed by atoms with Gasteiger partial charge in [-0.3, -0.25) is 9.52 Å². The van der Waals surface area contributed by atoms with Crippen molar-refractivity contribution in [2.45, 2.75) is 28.9 Å². The minimum Gasteiger partial charge on any atom is -0.497 e. The molecule has 3 aromatic rings. The predicted molar refractivity (Wildman–Crippen MR) is 130 cm³/mol. The van der Waals surface area contributed by atoms with Crippen molar-refractivity contribution in [3.63, 3.8) is 0 Å². The third-order valence-corrected chi connectivity index (χ3v) is 7.35. The molecule has 0 spiro atoms. The summed E-state index contributed by atoms with van der Waals surface area (Å²) in [6.45, 7) is 3.60. The average molecular weight is 491 g/mol. The molecule has 32 heavy (non-hydrogen) atoms. The van der Waals surface area contributed by atoms with Crippen molar-refractivity contribution >= 4 is 50.7 Å². The van der Waals surface area contributed by atoms with Gasteiger partial charge in [0.1, 0.15) is 5.75 Å². The van der Waals surface area contributed by atoms with E-state index in [2.05, 4.69) is 10.0 Å². The second-order valence-electron chi connectivity index (χ2n) is 7.01. The summed E-state index contributed by atoms with van der Waals surface area (Å²) >= 11 is 7.39. The van der Waals surface area contributed by atoms with Gasteiger partial charge in [-0.25, -0.2) is 8.42 Å². The first-order valence-corrected chi connectivity index (χ1v) is 12.4. The first kappa shape index (κ1) is 24.0. The van der Waals surface area contributed by atoms with Crippen LogP contribution in [-0.4, -0.2) is 26.7 Å². The standard InChI is InChI=1S/C23H23ClN2O4S2/c1-15-4-5-17(24)14-22(15)26-32(28,29)21-12-6-18(7-13-21)25-23(27)16(2)31-20-10-8-19(30-3)9-11-20/h4-14,16,26H,1-3H3,(H,25,27)/t16-/m0/s1. The Kier molecular flexibility index (Phi) is 7.71. The van der Waals surface area contributed by atoms with Gasteiger partial charge in [0.05, 0.1) is 22.9 Å². The van der Waals surface area contributed by atoms with Crippen LogP contribution in [0, 0.1) is 6.92 Å². The number of methoxy groups -OCH3 is 1. The molecule has 0 saturated heterocycles. The van der Waals surface area contributed by atoms with E-state index >= 15 is 0 Å². The molecule has 0 aliphatic rings. The van der Waals surface area contributed by atoms with Crippen LogP contribution in [0.15, 0.2) is 76.5 Å². The molecule has 0 fully saturated rings. The molecule has 0 aliphatic carbocycles. The summed E-state index contributed by atoms with van der Waals surface area (Å²) in [6.07, 6.45) is 0. The van der Waals surface area contributed by atoms with Crippen LogP contribution in [0.3, 0.4) is 0 Å². The number of hydrogen-bond acceptors (Lipinski definition) is 5. The number of anilines is 2. The van der Waals surface area contributed by atoms with E-state index in [1.165, 1.54) is 23.9 Å². The van der Waals surface area contributed by atoms with Gasteiger partial charge in [0, 0.05) is 15.6 Å². The maximum absolute atomic E-state index is 12.7. The second kappa shape index (κ2) is 10.3. The summed E-state index contributed by atoms with van der Waals surface area (Å²) in [4.78, 5) is 13.6. The Hall–Kier alpha value is -2.68. The number of ether oxygens (including phenoxy) is 1. The molecule has 0 unspecified atom stereocenters. The molecule has 1 atom stereocenters. The molecule has 3 aromatic carbocycles. The maximum Gasteiger partial charge on any atom is 0.261 e. The Balaban J connectivity index is 1.64. The summed E-state index contributed by atoms with van der Waals surface area (Å²) in [7, 11) is -2.20. The number of hydrogen-bond donors (Lipinski definition) is 2. The van der Waals surface area contributed by atoms with Gasteiger partial charge in [-0.1, -0.05) is 17.7 Å². The molecular formula is C23H23ClN2O4S2. The lowest BCUT2D eigenvalue weighted by atomic mass is 10.2. The van der Waals surface area contributed by atoms with Gasteiger partial charge in [0.2, 0.25) is 5.91 Å². The lowest BCUT2D eigenvalue weighted by Gasteiger charge is -2.14. The number of benzene rings is 3. The largest absolute Gasteiger partial charge is 0.497 e. The summed E-state index contributed by atoms with van der Waals surface area (Å²) in [5.41, 5.74) is 1.68. The smallest absolute Gasteiger partial charge is 0.261 e. The van der Waals surface area contributed by atoms with E-state index < -0.39 is 10.0 Å². The van der Waals surface area contributed by atoms with Gasteiger partial charge in [-0.2, -0.15) is 0 Å². The highest BCUT2D eigenvalue weighted by atomic mass is 35.5. The monoisotopic (exact) mass is 490 g/mol. The highest BCUT2D eigenvalue weighted by molar-refractivity contribution is 8.00. The number of sulfonamides is 1. The van der Waals surface area contributed by atoms with Gasteiger partial charge in [-0.15, -0.1) is 11.8 Å². The van der Waals surface area contributed by atoms with Gasteiger partial charge in [0.25, 0.3) is 10.0 Å². The van der Waals surface area contributed by atoms with Crippen molar-refractivity contribution < 1.29 is 17.9 Å². The Morgan fingerprint density at radius 2 is 1.69 bits per heavy atom. The van der Waals surface area contributed by atoms with Crippen LogP contribution in [0.4, 0.5) is 11.4 Å². The Morgan fingerprint density at radius 1 is 1.03 bits per heavy atom. The van der Waals surface area contributed by atoms with E-state index in [1.54, 1.807) is 51.3 Å². The van der Waals surface area contributed by atoms with Gasteiger partial charge in [-0.05, 0) is 80.1 Å². The number of carbonyl (C=O) groups is 1. The van der Waals surface area contributed by atoms with Crippen molar-refractivity contribution in [2.75, 3.05) is 17.1 Å². The zero-order chi connectivity index (χ0) is 23.3. The van der Waals surface area contributed by atoms with E-state index in [4.69, 9.17) is 16.3 Å². The summed E-state index contributed by atoms with van der Waals surface area (Å²) in [5, 5.41) is 2.90. The molecule has 0 saturated carbocycles. The van der Waals surface area contributed by atoms with Crippen molar-refractivity contribution in [1.82, 2.24) is 0 Å². The van der Waals surface area contributed by atoms with Crippen LogP contribution in [0.1, 0.15) is 12.5 Å². The van der Waals surface area contributed by atoms with Crippen molar-refractivity contribution in [1.29, 1.82) is 0 Å². The van der Waals surface area contributed by atoms with E-state index in [1.807, 2.05) is 24.3 Å². The van der Waals surface area contributed by atoms with Gasteiger partial charge in [0.15, 0.2) is 0 Å². The topological polar surface area (TPSA) is 84.5 Å². The van der Waals surface area contributed by atoms with Crippen LogP contribution in [0.5, 0.6) is 5.75 Å². The van der Waals surface area contributed by atoms with Crippen LogP contribution in [0.25, 0.3) is 0 Å². The fraction of sp³-hybridized carbons (Fsp3) is 0.174. The fourth-order valence-corrected chi connectivity index (χ4v) is 4.94. The average Bonchev–Trinajstić information content (AvgIpc) is 2.77. The summed E-state index contributed by atoms with van der Waals surface area (Å²) in [5.74, 6) is 0.565. The molecule has 3 rings (SSSR count). The van der Waals surface area contributed by atoms with Crippen LogP contribution >= 0.6 is 23.4 Å². The molecule has 0 aromatic heterocycles. The van der Waals surface area contributed by atoms with Crippen molar-refractivity contribution in [3.8, 4) is 5.75 Å². The molecule has 6 nitrogen and oxygen atoms in total. The molecule has 0 radical (unpaired) electrons. The Bertz CT molecular complexity index is 1200. The molecule has 0 bridgehead atoms. The highest BCUT2D eigenvalue weighted by Gasteiger charge is 2.18. The first-order valence-electron chi connectivity index (χ1n) is 9.68. The molecule has 168 valence electrons. The molecule has 0 aliphatic heterocycles. The number of halogens is 1. The minimum atomic E-state index is -3.80. The number of nitrogens with one attached hydrogen (secondary N) is 2. The Labute approximate surface area is 197 Å². The van der Waals surface area contributed by atoms with Crippen molar-refractivity contribution in [3.05, 3.63) is 77.3 Å². The lowest BCUT2D eigenvalue weighted by molar-refractivity contribution is -0.115. The Morgan fingerprint density at radius 3 is 2.31 bits per heavy atom. The fourth-order valence-electron chi connectivity index (χ4n) is 2.78. The summed E-state index contributed by atoms with van der Waals surface area (Å²) in [6, 6.07) is 18.5. The number of aryl methyl sites for hydroxylation is 1. The molecule has 0 heterocycles. The van der Waals surface area contributed by atoms with Crippen LogP contribution in [0.2, 0.25) is 5.02 Å². The lowest BCUT2D eigenvalue weighted by Crippen LogP contribution is -2.22. The van der Waals surface area contributed by atoms with E-state index in [0.29, 0.717) is 16.4 Å². The predicted octanol–water partition coefficient (Wildman–Crippen LogP) is 5.58. The quantitative estimate of drug-likeness (QED) is 0.403. The molecular weight excluding hydrogens is 468 g/mol. The van der Waals surface area contributed by atoms with E-state index in [9.17, 15) is 13.2 Å². The highest BCUT2D eigenvalue weighted by Crippen LogP contribution is 2.27. The maximum atomic E-state index is 12.7.